The maximum atomic E-state index is 11.5. The first-order valence-electron chi connectivity index (χ1n) is 4.85. The highest BCUT2D eigenvalue weighted by Crippen LogP contribution is 2.10. The molecule has 2 N–H and O–H groups in total. The summed E-state index contributed by atoms with van der Waals surface area (Å²) in [5.74, 6) is 1.96. The molecule has 76 valence electrons. The molecule has 1 saturated heterocycles. The average molecular weight is 202 g/mol. The number of nitrogens with two attached hydrogens (primary N) is 1. The Kier molecular flexibility index (Phi) is 4.59. The third kappa shape index (κ3) is 3.56. The molecule has 1 fully saturated rings. The molecule has 0 bridgehead atoms. The molecule has 1 rings (SSSR count). The number of carbonyl (C=O) groups excluding carboxylic acids is 1. The summed E-state index contributed by atoms with van der Waals surface area (Å²) < 4.78 is 0. The van der Waals surface area contributed by atoms with Crippen LogP contribution in [0.4, 0.5) is 0 Å². The molecule has 13 heavy (non-hydrogen) atoms. The molecule has 0 unspecified atom stereocenters. The second-order valence-corrected chi connectivity index (χ2v) is 4.55. The fraction of sp³-hybridized carbons (Fsp3) is 0.889. The number of nitrogens with zero attached hydrogens (tertiary/aromatic N) is 1. The van der Waals surface area contributed by atoms with E-state index in [2.05, 4.69) is 6.92 Å². The summed E-state index contributed by atoms with van der Waals surface area (Å²) in [6, 6.07) is 0.208. The van der Waals surface area contributed by atoms with E-state index in [1.807, 2.05) is 4.90 Å². The van der Waals surface area contributed by atoms with Gasteiger partial charge in [0, 0.05) is 19.1 Å². The first-order chi connectivity index (χ1) is 6.24. The van der Waals surface area contributed by atoms with E-state index in [1.165, 1.54) is 0 Å². The zero-order chi connectivity index (χ0) is 9.68. The quantitative estimate of drug-likeness (QED) is 0.682. The van der Waals surface area contributed by atoms with Crippen LogP contribution in [0.3, 0.4) is 0 Å². The molecule has 3 nitrogen and oxygen atoms in total. The van der Waals surface area contributed by atoms with Crippen LogP contribution in [0.25, 0.3) is 0 Å². The lowest BCUT2D eigenvalue weighted by Gasteiger charge is -2.14. The molecule has 0 saturated carbocycles. The number of hydrogen-bond acceptors (Lipinski definition) is 3. The third-order valence-electron chi connectivity index (χ3n) is 2.15. The Morgan fingerprint density at radius 3 is 3.00 bits per heavy atom. The maximum absolute atomic E-state index is 11.5. The molecule has 1 heterocycles. The van der Waals surface area contributed by atoms with Gasteiger partial charge in [0.2, 0.25) is 5.91 Å². The van der Waals surface area contributed by atoms with Crippen molar-refractivity contribution in [2.75, 3.05) is 24.6 Å². The van der Waals surface area contributed by atoms with Gasteiger partial charge in [-0.25, -0.2) is 0 Å². The Bertz CT molecular complexity index is 175. The van der Waals surface area contributed by atoms with Gasteiger partial charge in [0.05, 0.1) is 5.75 Å². The maximum Gasteiger partial charge on any atom is 0.232 e. The van der Waals surface area contributed by atoms with Crippen LogP contribution in [-0.2, 0) is 4.79 Å². The first kappa shape index (κ1) is 10.9. The van der Waals surface area contributed by atoms with Crippen LogP contribution in [0.2, 0.25) is 0 Å². The van der Waals surface area contributed by atoms with Crippen LogP contribution in [0.5, 0.6) is 0 Å². The van der Waals surface area contributed by atoms with Gasteiger partial charge in [-0.3, -0.25) is 4.79 Å². The van der Waals surface area contributed by atoms with Crippen molar-refractivity contribution >= 4 is 17.7 Å². The van der Waals surface area contributed by atoms with Crippen molar-refractivity contribution in [3.63, 3.8) is 0 Å². The number of amides is 1. The van der Waals surface area contributed by atoms with Crippen molar-refractivity contribution in [2.45, 2.75) is 25.8 Å². The van der Waals surface area contributed by atoms with Crippen molar-refractivity contribution < 1.29 is 4.79 Å². The number of carbonyl (C=O) groups is 1. The van der Waals surface area contributed by atoms with E-state index in [0.717, 1.165) is 31.7 Å². The molecule has 0 aromatic rings. The Morgan fingerprint density at radius 1 is 1.69 bits per heavy atom. The summed E-state index contributed by atoms with van der Waals surface area (Å²) in [6.07, 6.45) is 2.10. The number of likely N-dealkylation sites (tertiary alicyclic amines) is 1. The molecular formula is C9H18N2OS. The Morgan fingerprint density at radius 2 is 2.46 bits per heavy atom. The Hall–Kier alpha value is -0.220. The minimum atomic E-state index is 0.208. The molecule has 0 aromatic carbocycles. The van der Waals surface area contributed by atoms with E-state index < -0.39 is 0 Å². The van der Waals surface area contributed by atoms with Crippen molar-refractivity contribution in [2.24, 2.45) is 5.73 Å². The van der Waals surface area contributed by atoms with Gasteiger partial charge < -0.3 is 10.6 Å². The van der Waals surface area contributed by atoms with Crippen molar-refractivity contribution in [1.82, 2.24) is 4.90 Å². The minimum absolute atomic E-state index is 0.208. The lowest BCUT2D eigenvalue weighted by atomic mass is 10.3. The summed E-state index contributed by atoms with van der Waals surface area (Å²) in [6.45, 7) is 3.74. The standard InChI is InChI=1S/C9H18N2OS/c1-2-5-13-7-9(12)11-4-3-8(10)6-11/h8H,2-7,10H2,1H3/t8-/m1/s1. The molecule has 4 heteroatoms. The fourth-order valence-corrected chi connectivity index (χ4v) is 2.20. The molecule has 0 radical (unpaired) electrons. The summed E-state index contributed by atoms with van der Waals surface area (Å²) >= 11 is 1.72. The van der Waals surface area contributed by atoms with Crippen LogP contribution in [0, 0.1) is 0 Å². The summed E-state index contributed by atoms with van der Waals surface area (Å²) in [4.78, 5) is 13.4. The van der Waals surface area contributed by atoms with Crippen molar-refractivity contribution in [3.05, 3.63) is 0 Å². The lowest BCUT2D eigenvalue weighted by Crippen LogP contribution is -2.33. The highest BCUT2D eigenvalue weighted by molar-refractivity contribution is 7.99. The summed E-state index contributed by atoms with van der Waals surface area (Å²) in [5, 5.41) is 0. The first-order valence-corrected chi connectivity index (χ1v) is 6.00. The lowest BCUT2D eigenvalue weighted by molar-refractivity contribution is -0.127. The van der Waals surface area contributed by atoms with Gasteiger partial charge in [-0.1, -0.05) is 6.92 Å². The predicted molar refractivity (Wildman–Crippen MR) is 56.8 cm³/mol. The molecule has 0 aromatic heterocycles. The molecule has 0 spiro atoms. The molecule has 0 aliphatic carbocycles. The highest BCUT2D eigenvalue weighted by atomic mass is 32.2. The molecular weight excluding hydrogens is 184 g/mol. The highest BCUT2D eigenvalue weighted by Gasteiger charge is 2.22. The second-order valence-electron chi connectivity index (χ2n) is 3.44. The van der Waals surface area contributed by atoms with Gasteiger partial charge in [0.15, 0.2) is 0 Å². The van der Waals surface area contributed by atoms with Gasteiger partial charge in [0.25, 0.3) is 0 Å². The van der Waals surface area contributed by atoms with Crippen LogP contribution in [-0.4, -0.2) is 41.4 Å². The minimum Gasteiger partial charge on any atom is -0.340 e. The molecule has 1 aliphatic rings. The van der Waals surface area contributed by atoms with E-state index in [1.54, 1.807) is 11.8 Å². The van der Waals surface area contributed by atoms with E-state index in [9.17, 15) is 4.79 Å². The van der Waals surface area contributed by atoms with Crippen LogP contribution in [0.15, 0.2) is 0 Å². The van der Waals surface area contributed by atoms with Crippen LogP contribution in [0.1, 0.15) is 19.8 Å². The average Bonchev–Trinajstić information content (AvgIpc) is 2.52. The Labute approximate surface area is 84.0 Å². The number of rotatable bonds is 4. The zero-order valence-corrected chi connectivity index (χ0v) is 8.98. The fourth-order valence-electron chi connectivity index (χ4n) is 1.41. The van der Waals surface area contributed by atoms with Gasteiger partial charge in [-0.05, 0) is 18.6 Å². The largest absolute Gasteiger partial charge is 0.340 e. The Balaban J connectivity index is 2.16. The van der Waals surface area contributed by atoms with Gasteiger partial charge in [0.1, 0.15) is 0 Å². The molecule has 1 atom stereocenters. The van der Waals surface area contributed by atoms with Crippen LogP contribution < -0.4 is 5.73 Å². The SMILES string of the molecule is CCCSCC(=O)N1CC[C@@H](N)C1. The second kappa shape index (κ2) is 5.50. The summed E-state index contributed by atoms with van der Waals surface area (Å²) in [5.41, 5.74) is 5.72. The normalized spacial score (nSPS) is 22.3. The van der Waals surface area contributed by atoms with E-state index >= 15 is 0 Å². The van der Waals surface area contributed by atoms with Gasteiger partial charge >= 0.3 is 0 Å². The van der Waals surface area contributed by atoms with E-state index in [4.69, 9.17) is 5.73 Å². The molecule has 1 amide bonds. The topological polar surface area (TPSA) is 46.3 Å². The smallest absolute Gasteiger partial charge is 0.232 e. The number of thioether (sulfide) groups is 1. The third-order valence-corrected chi connectivity index (χ3v) is 3.30. The summed E-state index contributed by atoms with van der Waals surface area (Å²) in [7, 11) is 0. The molecule has 1 aliphatic heterocycles. The van der Waals surface area contributed by atoms with Gasteiger partial charge in [-0.15, -0.1) is 0 Å². The van der Waals surface area contributed by atoms with E-state index in [-0.39, 0.29) is 11.9 Å². The van der Waals surface area contributed by atoms with Crippen molar-refractivity contribution in [3.8, 4) is 0 Å². The van der Waals surface area contributed by atoms with E-state index in [0.29, 0.717) is 5.75 Å². The van der Waals surface area contributed by atoms with Gasteiger partial charge in [-0.2, -0.15) is 11.8 Å². The van der Waals surface area contributed by atoms with Crippen molar-refractivity contribution in [1.29, 1.82) is 0 Å². The predicted octanol–water partition coefficient (Wildman–Crippen LogP) is 0.689. The monoisotopic (exact) mass is 202 g/mol. The van der Waals surface area contributed by atoms with Crippen LogP contribution >= 0.6 is 11.8 Å². The zero-order valence-electron chi connectivity index (χ0n) is 8.16. The number of hydrogen-bond donors (Lipinski definition) is 1.